The first-order chi connectivity index (χ1) is 11.5. The van der Waals surface area contributed by atoms with Gasteiger partial charge in [0.2, 0.25) is 5.91 Å². The fraction of sp³-hybridized carbons (Fsp3) is 0.357. The van der Waals surface area contributed by atoms with Crippen molar-refractivity contribution in [3.63, 3.8) is 0 Å². The Balaban J connectivity index is 1.69. The van der Waals surface area contributed by atoms with Gasteiger partial charge in [0.15, 0.2) is 0 Å². The monoisotopic (exact) mass is 334 g/mol. The van der Waals surface area contributed by atoms with E-state index in [1.165, 1.54) is 12.3 Å². The number of aliphatic carboxylic acids is 1. The Hall–Kier alpha value is -3.17. The highest BCUT2D eigenvalue weighted by Crippen LogP contribution is 1.96. The average molecular weight is 334 g/mol. The molecule has 0 saturated heterocycles. The summed E-state index contributed by atoms with van der Waals surface area (Å²) in [6.45, 7) is 2.15. The van der Waals surface area contributed by atoms with E-state index in [0.29, 0.717) is 0 Å². The second-order valence-electron chi connectivity index (χ2n) is 5.03. The van der Waals surface area contributed by atoms with Gasteiger partial charge < -0.3 is 15.7 Å². The molecule has 128 valence electrons. The number of aryl methyl sites for hydroxylation is 1. The maximum absolute atomic E-state index is 11.8. The lowest BCUT2D eigenvalue weighted by atomic mass is 10.4. The number of carbonyl (C=O) groups is 3. The first-order valence-corrected chi connectivity index (χ1v) is 7.24. The van der Waals surface area contributed by atoms with Crippen LogP contribution < -0.4 is 10.6 Å². The zero-order valence-electron chi connectivity index (χ0n) is 13.1. The Bertz CT molecular complexity index is 735. The topological polar surface area (TPSA) is 131 Å². The quantitative estimate of drug-likeness (QED) is 0.532. The molecule has 2 aromatic heterocycles. The minimum atomic E-state index is -1.04. The number of amides is 2. The van der Waals surface area contributed by atoms with E-state index in [2.05, 4.69) is 20.8 Å². The molecule has 10 nitrogen and oxygen atoms in total. The van der Waals surface area contributed by atoms with Crippen LogP contribution in [0.15, 0.2) is 24.5 Å². The first kappa shape index (κ1) is 17.2. The molecule has 0 unspecified atom stereocenters. The lowest BCUT2D eigenvalue weighted by Crippen LogP contribution is -2.36. The largest absolute Gasteiger partial charge is 0.480 e. The van der Waals surface area contributed by atoms with E-state index in [1.807, 2.05) is 6.92 Å². The van der Waals surface area contributed by atoms with Crippen molar-refractivity contribution in [2.45, 2.75) is 20.0 Å². The van der Waals surface area contributed by atoms with Crippen molar-refractivity contribution in [2.75, 3.05) is 13.1 Å². The van der Waals surface area contributed by atoms with Crippen LogP contribution in [-0.4, -0.2) is 55.5 Å². The minimum absolute atomic E-state index is 0.117. The van der Waals surface area contributed by atoms with Crippen LogP contribution in [0.3, 0.4) is 0 Å². The van der Waals surface area contributed by atoms with E-state index in [0.717, 1.165) is 10.4 Å². The minimum Gasteiger partial charge on any atom is -0.480 e. The number of hydrogen-bond acceptors (Lipinski definition) is 5. The molecule has 0 fully saturated rings. The van der Waals surface area contributed by atoms with Gasteiger partial charge in [-0.3, -0.25) is 23.7 Å². The zero-order chi connectivity index (χ0) is 17.5. The Morgan fingerprint density at radius 2 is 1.92 bits per heavy atom. The fourth-order valence-electron chi connectivity index (χ4n) is 1.93. The number of carboxylic acids is 1. The number of aromatic nitrogens is 4. The Morgan fingerprint density at radius 3 is 2.58 bits per heavy atom. The SMILES string of the molecule is Cc1ccnn1CC(=O)NCCNC(=O)c1ccn(CC(=O)O)n1. The highest BCUT2D eigenvalue weighted by atomic mass is 16.4. The molecule has 24 heavy (non-hydrogen) atoms. The zero-order valence-corrected chi connectivity index (χ0v) is 13.1. The third-order valence-electron chi connectivity index (χ3n) is 3.13. The average Bonchev–Trinajstić information content (AvgIpc) is 3.13. The lowest BCUT2D eigenvalue weighted by molar-refractivity contribution is -0.137. The van der Waals surface area contributed by atoms with Crippen LogP contribution in [0.5, 0.6) is 0 Å². The van der Waals surface area contributed by atoms with E-state index < -0.39 is 11.9 Å². The molecule has 0 aliphatic carbocycles. The van der Waals surface area contributed by atoms with Crippen LogP contribution in [0.1, 0.15) is 16.2 Å². The van der Waals surface area contributed by atoms with Crippen LogP contribution in [-0.2, 0) is 22.7 Å². The van der Waals surface area contributed by atoms with Gasteiger partial charge in [-0.1, -0.05) is 0 Å². The maximum Gasteiger partial charge on any atom is 0.325 e. The van der Waals surface area contributed by atoms with Gasteiger partial charge in [-0.25, -0.2) is 0 Å². The summed E-state index contributed by atoms with van der Waals surface area (Å²) in [6, 6.07) is 3.23. The van der Waals surface area contributed by atoms with Gasteiger partial charge in [0.05, 0.1) is 0 Å². The van der Waals surface area contributed by atoms with Crippen molar-refractivity contribution in [1.29, 1.82) is 0 Å². The molecule has 0 bridgehead atoms. The molecule has 3 N–H and O–H groups in total. The van der Waals surface area contributed by atoms with E-state index in [9.17, 15) is 14.4 Å². The smallest absolute Gasteiger partial charge is 0.325 e. The van der Waals surface area contributed by atoms with Crippen molar-refractivity contribution < 1.29 is 19.5 Å². The van der Waals surface area contributed by atoms with Gasteiger partial charge in [0, 0.05) is 31.2 Å². The second kappa shape index (κ2) is 7.90. The number of carbonyl (C=O) groups excluding carboxylic acids is 2. The molecule has 10 heteroatoms. The van der Waals surface area contributed by atoms with Crippen molar-refractivity contribution in [3.05, 3.63) is 35.9 Å². The standard InChI is InChI=1S/C14H18N6O4/c1-10-2-4-17-20(10)8-12(21)15-5-6-16-14(24)11-3-7-19(18-11)9-13(22)23/h2-4,7H,5-6,8-9H2,1H3,(H,15,21)(H,16,24)(H,22,23). The van der Waals surface area contributed by atoms with Crippen LogP contribution in [0.2, 0.25) is 0 Å². The maximum atomic E-state index is 11.8. The van der Waals surface area contributed by atoms with Crippen LogP contribution >= 0.6 is 0 Å². The summed E-state index contributed by atoms with van der Waals surface area (Å²) in [5.74, 6) is -1.68. The molecule has 0 aliphatic rings. The van der Waals surface area contributed by atoms with Gasteiger partial charge in [0.1, 0.15) is 18.8 Å². The van der Waals surface area contributed by atoms with Crippen molar-refractivity contribution in [2.24, 2.45) is 0 Å². The highest BCUT2D eigenvalue weighted by molar-refractivity contribution is 5.92. The summed E-state index contributed by atoms with van der Waals surface area (Å²) in [6.07, 6.45) is 3.03. The lowest BCUT2D eigenvalue weighted by Gasteiger charge is -2.07. The summed E-state index contributed by atoms with van der Waals surface area (Å²) >= 11 is 0. The van der Waals surface area contributed by atoms with E-state index >= 15 is 0 Å². The summed E-state index contributed by atoms with van der Waals surface area (Å²) in [5, 5.41) is 21.8. The summed E-state index contributed by atoms with van der Waals surface area (Å²) in [4.78, 5) is 34.1. The van der Waals surface area contributed by atoms with Gasteiger partial charge in [-0.2, -0.15) is 10.2 Å². The third kappa shape index (κ3) is 4.93. The molecule has 2 heterocycles. The Kier molecular flexibility index (Phi) is 5.66. The van der Waals surface area contributed by atoms with Crippen LogP contribution in [0.4, 0.5) is 0 Å². The molecule has 2 amide bonds. The van der Waals surface area contributed by atoms with E-state index in [1.54, 1.807) is 16.9 Å². The predicted molar refractivity (Wildman–Crippen MR) is 82.2 cm³/mol. The Morgan fingerprint density at radius 1 is 1.17 bits per heavy atom. The predicted octanol–water partition coefficient (Wildman–Crippen LogP) is -0.981. The molecule has 0 aromatic carbocycles. The number of nitrogens with zero attached hydrogens (tertiary/aromatic N) is 4. The summed E-state index contributed by atoms with van der Waals surface area (Å²) in [5.41, 5.74) is 1.00. The van der Waals surface area contributed by atoms with E-state index in [-0.39, 0.29) is 37.8 Å². The van der Waals surface area contributed by atoms with E-state index in [4.69, 9.17) is 5.11 Å². The summed E-state index contributed by atoms with van der Waals surface area (Å²) < 4.78 is 2.73. The Labute approximate surface area is 137 Å². The highest BCUT2D eigenvalue weighted by Gasteiger charge is 2.10. The molecule has 0 atom stereocenters. The molecule has 0 saturated carbocycles. The van der Waals surface area contributed by atoms with Gasteiger partial charge in [0.25, 0.3) is 5.91 Å². The molecule has 2 aromatic rings. The van der Waals surface area contributed by atoms with Crippen LogP contribution in [0.25, 0.3) is 0 Å². The summed E-state index contributed by atoms with van der Waals surface area (Å²) in [7, 11) is 0. The molecule has 0 aliphatic heterocycles. The van der Waals surface area contributed by atoms with Gasteiger partial charge >= 0.3 is 5.97 Å². The van der Waals surface area contributed by atoms with Gasteiger partial charge in [-0.05, 0) is 19.1 Å². The second-order valence-corrected chi connectivity index (χ2v) is 5.03. The molecule has 0 spiro atoms. The van der Waals surface area contributed by atoms with Crippen molar-refractivity contribution >= 4 is 17.8 Å². The van der Waals surface area contributed by atoms with Crippen molar-refractivity contribution in [1.82, 2.24) is 30.2 Å². The van der Waals surface area contributed by atoms with Crippen molar-refractivity contribution in [3.8, 4) is 0 Å². The third-order valence-corrected chi connectivity index (χ3v) is 3.13. The molecular formula is C14H18N6O4. The molecular weight excluding hydrogens is 316 g/mol. The fourth-order valence-corrected chi connectivity index (χ4v) is 1.93. The number of carboxylic acid groups (broad SMARTS) is 1. The number of rotatable bonds is 8. The molecule has 0 radical (unpaired) electrons. The first-order valence-electron chi connectivity index (χ1n) is 7.24. The number of nitrogens with one attached hydrogen (secondary N) is 2. The molecule has 2 rings (SSSR count). The normalized spacial score (nSPS) is 10.4. The van der Waals surface area contributed by atoms with Crippen LogP contribution in [0, 0.1) is 6.92 Å². The number of hydrogen-bond donors (Lipinski definition) is 3. The van der Waals surface area contributed by atoms with Gasteiger partial charge in [-0.15, -0.1) is 0 Å².